The Hall–Kier alpha value is -0.295. The van der Waals surface area contributed by atoms with E-state index in [9.17, 15) is 17.3 Å². The van der Waals surface area contributed by atoms with Gasteiger partial charge in [0, 0.05) is 25.2 Å². The number of hydrogen-bond donors (Lipinski definition) is 0. The molecule has 1 heterocycles. The zero-order valence-corrected chi connectivity index (χ0v) is 10.3. The van der Waals surface area contributed by atoms with Crippen LogP contribution in [0.15, 0.2) is 0 Å². The van der Waals surface area contributed by atoms with Crippen LogP contribution in [0.25, 0.3) is 0 Å². The van der Waals surface area contributed by atoms with E-state index in [0.29, 0.717) is 12.1 Å². The summed E-state index contributed by atoms with van der Waals surface area (Å²) in [5.74, 6) is 0. The first-order chi connectivity index (χ1) is 7.11. The van der Waals surface area contributed by atoms with Crippen molar-refractivity contribution < 1.29 is 18.7 Å². The van der Waals surface area contributed by atoms with Gasteiger partial charge in [-0.15, -0.1) is 0 Å². The van der Waals surface area contributed by atoms with Gasteiger partial charge in [0.15, 0.2) is 0 Å². The second kappa shape index (κ2) is 6.44. The van der Waals surface area contributed by atoms with Gasteiger partial charge in [-0.2, -0.15) is 0 Å². The molecule has 0 aromatic carbocycles. The first-order valence-electron chi connectivity index (χ1n) is 5.46. The molecule has 16 heavy (non-hydrogen) atoms. The molecule has 0 aromatic rings. The first-order valence-corrected chi connectivity index (χ1v) is 5.46. The molecule has 0 aromatic heterocycles. The molecule has 2 nitrogen and oxygen atoms in total. The van der Waals surface area contributed by atoms with E-state index in [-0.39, 0.29) is 1.43 Å². The Bertz CT molecular complexity index is 182. The van der Waals surface area contributed by atoms with Gasteiger partial charge in [0.05, 0.1) is 6.67 Å². The zero-order chi connectivity index (χ0) is 12.9. The van der Waals surface area contributed by atoms with Gasteiger partial charge in [-0.1, -0.05) is 0 Å². The van der Waals surface area contributed by atoms with E-state index < -0.39 is 7.25 Å². The Kier molecular flexibility index (Phi) is 6.32. The molecular weight excluding hydrogens is 223 g/mol. The van der Waals surface area contributed by atoms with Crippen LogP contribution in [0.5, 0.6) is 0 Å². The average molecular weight is 244 g/mol. The molecule has 0 radical (unpaired) electrons. The van der Waals surface area contributed by atoms with Crippen LogP contribution in [-0.4, -0.2) is 48.9 Å². The second-order valence-corrected chi connectivity index (χ2v) is 4.45. The highest BCUT2D eigenvalue weighted by Crippen LogP contribution is 2.11. The monoisotopic (exact) mass is 244 g/mol. The molecule has 1 aliphatic rings. The third-order valence-corrected chi connectivity index (χ3v) is 2.50. The quantitative estimate of drug-likeness (QED) is 0.544. The molecule has 1 saturated heterocycles. The average Bonchev–Trinajstić information content (AvgIpc) is 2.47. The fourth-order valence-corrected chi connectivity index (χ4v) is 1.47. The maximum absolute atomic E-state index is 9.75. The van der Waals surface area contributed by atoms with Gasteiger partial charge in [-0.25, -0.2) is 0 Å². The highest BCUT2D eigenvalue weighted by Gasteiger charge is 2.23. The maximum atomic E-state index is 9.75. The van der Waals surface area contributed by atoms with Crippen LogP contribution in [0.4, 0.5) is 17.3 Å². The van der Waals surface area contributed by atoms with Crippen molar-refractivity contribution in [1.29, 1.82) is 0 Å². The van der Waals surface area contributed by atoms with E-state index in [4.69, 9.17) is 0 Å². The summed E-state index contributed by atoms with van der Waals surface area (Å²) in [6, 6.07) is 1.41. The summed E-state index contributed by atoms with van der Waals surface area (Å²) >= 11 is 0. The van der Waals surface area contributed by atoms with Crippen LogP contribution in [-0.2, 0) is 0 Å². The molecule has 1 fully saturated rings. The molecule has 7 heteroatoms. The smallest absolute Gasteiger partial charge is 0.418 e. The van der Waals surface area contributed by atoms with Crippen molar-refractivity contribution in [2.75, 3.05) is 19.8 Å². The summed E-state index contributed by atoms with van der Waals surface area (Å²) in [7, 11) is -6.00. The predicted octanol–water partition coefficient (Wildman–Crippen LogP) is 2.79. The summed E-state index contributed by atoms with van der Waals surface area (Å²) in [5.41, 5.74) is 0. The topological polar surface area (TPSA) is 6.48 Å². The lowest BCUT2D eigenvalue weighted by atomic mass is 10.3. The Balaban J connectivity index is 0. The van der Waals surface area contributed by atoms with E-state index >= 15 is 0 Å². The highest BCUT2D eigenvalue weighted by atomic mass is 19.5. The van der Waals surface area contributed by atoms with Crippen molar-refractivity contribution in [2.24, 2.45) is 0 Å². The number of halogens is 4. The molecule has 0 unspecified atom stereocenters. The van der Waals surface area contributed by atoms with E-state index in [1.54, 1.807) is 0 Å². The Morgan fingerprint density at radius 2 is 1.12 bits per heavy atom. The lowest BCUT2D eigenvalue weighted by Gasteiger charge is -2.23. The van der Waals surface area contributed by atoms with Gasteiger partial charge in [0.1, 0.15) is 0 Å². The van der Waals surface area contributed by atoms with E-state index in [2.05, 4.69) is 37.5 Å². The molecule has 0 amide bonds. The van der Waals surface area contributed by atoms with Crippen LogP contribution >= 0.6 is 0 Å². The summed E-state index contributed by atoms with van der Waals surface area (Å²) in [6.07, 6.45) is 0. The van der Waals surface area contributed by atoms with Crippen molar-refractivity contribution in [3.63, 3.8) is 0 Å². The number of nitrogens with zero attached hydrogens (tertiary/aromatic N) is 2. The lowest BCUT2D eigenvalue weighted by Crippen LogP contribution is -2.33. The lowest BCUT2D eigenvalue weighted by molar-refractivity contribution is 0.187. The summed E-state index contributed by atoms with van der Waals surface area (Å²) in [4.78, 5) is 5.03. The molecule has 0 N–H and O–H groups in total. The molecule has 0 spiro atoms. The normalized spacial score (nSPS) is 19.1. The molecular formula is C9H21BF4N2. The fraction of sp³-hybridized carbons (Fsp3) is 1.00. The van der Waals surface area contributed by atoms with Gasteiger partial charge in [-0.05, 0) is 27.7 Å². The summed E-state index contributed by atoms with van der Waals surface area (Å²) in [6.45, 7) is 12.7. The summed E-state index contributed by atoms with van der Waals surface area (Å²) in [5, 5.41) is 0. The van der Waals surface area contributed by atoms with Crippen LogP contribution in [0.1, 0.15) is 29.1 Å². The van der Waals surface area contributed by atoms with Crippen LogP contribution in [0, 0.1) is 0 Å². The standard InChI is InChI=1S/C9H20N2.BF4/c1-8(2)10-5-6-11(7-10)9(3)4;2-1(3,4)5/h8-9H,5-7H2,1-4H3;/q;-1/p+1. The third kappa shape index (κ3) is 7.93. The third-order valence-electron chi connectivity index (χ3n) is 2.50. The largest absolute Gasteiger partial charge is 1.00 e. The molecule has 0 atom stereocenters. The predicted molar refractivity (Wildman–Crippen MR) is 59.8 cm³/mol. The molecule has 98 valence electrons. The Morgan fingerprint density at radius 1 is 0.875 bits per heavy atom. The van der Waals surface area contributed by atoms with Crippen molar-refractivity contribution in [3.8, 4) is 0 Å². The minimum Gasteiger partial charge on any atom is -0.418 e. The Labute approximate surface area is 96.2 Å². The fourth-order valence-electron chi connectivity index (χ4n) is 1.47. The van der Waals surface area contributed by atoms with Gasteiger partial charge in [-0.3, -0.25) is 9.80 Å². The van der Waals surface area contributed by atoms with Crippen molar-refractivity contribution in [2.45, 2.75) is 39.8 Å². The molecule has 1 rings (SSSR count). The van der Waals surface area contributed by atoms with Crippen LogP contribution in [0.2, 0.25) is 0 Å². The summed E-state index contributed by atoms with van der Waals surface area (Å²) < 4.78 is 39.0. The minimum absolute atomic E-state index is 0. The molecule has 0 saturated carbocycles. The number of hydrogen-bond acceptors (Lipinski definition) is 2. The maximum Gasteiger partial charge on any atom is 1.00 e. The van der Waals surface area contributed by atoms with Gasteiger partial charge >= 0.3 is 8.68 Å². The van der Waals surface area contributed by atoms with Crippen LogP contribution in [0.3, 0.4) is 0 Å². The van der Waals surface area contributed by atoms with Gasteiger partial charge < -0.3 is 17.3 Å². The van der Waals surface area contributed by atoms with Crippen molar-refractivity contribution in [3.05, 3.63) is 0 Å². The van der Waals surface area contributed by atoms with E-state index in [1.807, 2.05) is 0 Å². The zero-order valence-electron chi connectivity index (χ0n) is 11.3. The SMILES string of the molecule is CC(C)N1CCN(C(C)C)C1.F[B-](F)(F)F.[H+]. The first kappa shape index (κ1) is 15.7. The minimum atomic E-state index is -6.00. The van der Waals surface area contributed by atoms with E-state index in [1.165, 1.54) is 13.1 Å². The highest BCUT2D eigenvalue weighted by molar-refractivity contribution is 6.50. The van der Waals surface area contributed by atoms with Crippen molar-refractivity contribution >= 4 is 7.25 Å². The Morgan fingerprint density at radius 3 is 1.25 bits per heavy atom. The van der Waals surface area contributed by atoms with Gasteiger partial charge in [0.2, 0.25) is 0 Å². The second-order valence-electron chi connectivity index (χ2n) is 4.45. The molecule has 0 aliphatic carbocycles. The van der Waals surface area contributed by atoms with Crippen molar-refractivity contribution in [1.82, 2.24) is 9.80 Å². The number of rotatable bonds is 2. The van der Waals surface area contributed by atoms with E-state index in [0.717, 1.165) is 6.67 Å². The molecule has 0 bridgehead atoms. The molecule has 1 aliphatic heterocycles. The van der Waals surface area contributed by atoms with Gasteiger partial charge in [0.25, 0.3) is 0 Å². The van der Waals surface area contributed by atoms with Crippen LogP contribution < -0.4 is 0 Å².